The zero-order chi connectivity index (χ0) is 32.6. The Kier molecular flexibility index (Phi) is 10.9. The van der Waals surface area contributed by atoms with Crippen LogP contribution < -0.4 is 0 Å². The molecule has 0 radical (unpaired) electrons. The number of hydrogen-bond acceptors (Lipinski definition) is 0. The van der Waals surface area contributed by atoms with Crippen molar-refractivity contribution in [3.8, 4) is 0 Å². The molecule has 8 bridgehead atoms. The minimum atomic E-state index is -0.0758. The summed E-state index contributed by atoms with van der Waals surface area (Å²) in [5.41, 5.74) is 7.57. The van der Waals surface area contributed by atoms with Crippen molar-refractivity contribution in [2.24, 2.45) is 47.3 Å². The van der Waals surface area contributed by atoms with Gasteiger partial charge in [-0.25, -0.2) is 17.5 Å². The summed E-state index contributed by atoms with van der Waals surface area (Å²) in [6.07, 6.45) is 19.0. The van der Waals surface area contributed by atoms with Gasteiger partial charge in [-0.2, -0.15) is 11.6 Å². The zero-order valence-electron chi connectivity index (χ0n) is 31.5. The Morgan fingerprint density at radius 3 is 1.38 bits per heavy atom. The van der Waals surface area contributed by atoms with Crippen molar-refractivity contribution in [2.75, 3.05) is 0 Å². The molecule has 268 valence electrons. The third-order valence-corrected chi connectivity index (χ3v) is 21.8. The van der Waals surface area contributed by atoms with Gasteiger partial charge in [0.1, 0.15) is 0 Å². The molecule has 2 aromatic carbocycles. The predicted molar refractivity (Wildman–Crippen MR) is 205 cm³/mol. The summed E-state index contributed by atoms with van der Waals surface area (Å²) in [5, 5.41) is 0.825. The maximum Gasteiger partial charge on any atom is 0 e. The molecule has 8 aliphatic rings. The molecular formula is C44H68FeP2-6. The van der Waals surface area contributed by atoms with Gasteiger partial charge >= 0.3 is 0 Å². The fourth-order valence-electron chi connectivity index (χ4n) is 12.8. The molecule has 0 aromatic heterocycles. The van der Waals surface area contributed by atoms with Crippen molar-refractivity contribution < 1.29 is 17.1 Å². The van der Waals surface area contributed by atoms with Gasteiger partial charge in [0, 0.05) is 17.1 Å². The van der Waals surface area contributed by atoms with Crippen molar-refractivity contribution in [2.45, 2.75) is 166 Å². The molecule has 3 heteroatoms. The van der Waals surface area contributed by atoms with Crippen molar-refractivity contribution >= 4 is 15.8 Å². The van der Waals surface area contributed by atoms with Crippen LogP contribution in [0.2, 0.25) is 0 Å². The first-order chi connectivity index (χ1) is 21.6. The van der Waals surface area contributed by atoms with Crippen LogP contribution in [0.15, 0.2) is 42.5 Å². The van der Waals surface area contributed by atoms with Crippen molar-refractivity contribution in [3.05, 3.63) is 59.2 Å². The second-order valence-corrected chi connectivity index (χ2v) is 26.8. The summed E-state index contributed by atoms with van der Waals surface area (Å²) < 4.78 is 0. The fraction of sp³-hybridized carbons (Fsp3) is 0.773. The van der Waals surface area contributed by atoms with E-state index in [1.165, 1.54) is 17.9 Å². The molecule has 0 unspecified atom stereocenters. The third-order valence-electron chi connectivity index (χ3n) is 14.0. The van der Waals surface area contributed by atoms with Crippen LogP contribution >= 0.6 is 15.8 Å². The van der Waals surface area contributed by atoms with Crippen molar-refractivity contribution in [1.29, 1.82) is 0 Å². The minimum absolute atomic E-state index is 0. The van der Waals surface area contributed by atoms with Gasteiger partial charge in [-0.15, -0.1) is 13.5 Å². The Bertz CT molecular complexity index is 1180. The topological polar surface area (TPSA) is 0 Å². The smallest absolute Gasteiger partial charge is 0 e. The second-order valence-electron chi connectivity index (χ2n) is 20.4. The Morgan fingerprint density at radius 1 is 0.638 bits per heavy atom. The first-order valence-electron chi connectivity index (χ1n) is 19.6. The van der Waals surface area contributed by atoms with Gasteiger partial charge in [-0.1, -0.05) is 76.4 Å². The predicted octanol–water partition coefficient (Wildman–Crippen LogP) is 13.3. The average molecular weight is 715 g/mol. The second kappa shape index (κ2) is 13.9. The molecule has 0 N–H and O–H groups in total. The summed E-state index contributed by atoms with van der Waals surface area (Å²) in [7, 11) is 0.0230. The van der Waals surface area contributed by atoms with E-state index in [2.05, 4.69) is 105 Å². The number of rotatable bonds is 6. The van der Waals surface area contributed by atoms with Crippen LogP contribution in [0.25, 0.3) is 0 Å². The van der Waals surface area contributed by atoms with Gasteiger partial charge in [0.2, 0.25) is 0 Å². The zero-order valence-corrected chi connectivity index (χ0v) is 34.4. The molecule has 10 rings (SSSR count). The molecule has 0 nitrogen and oxygen atoms in total. The molecule has 8 aliphatic carbocycles. The van der Waals surface area contributed by atoms with Crippen LogP contribution in [-0.4, -0.2) is 21.6 Å². The van der Waals surface area contributed by atoms with Gasteiger partial charge in [-0.05, 0) is 139 Å². The van der Waals surface area contributed by atoms with E-state index < -0.39 is 0 Å². The molecule has 2 aromatic rings. The van der Waals surface area contributed by atoms with Crippen molar-refractivity contribution in [3.63, 3.8) is 0 Å². The van der Waals surface area contributed by atoms with Crippen LogP contribution in [0.4, 0.5) is 0 Å². The van der Waals surface area contributed by atoms with E-state index in [1.54, 1.807) is 69.8 Å². The minimum Gasteiger partial charge on any atom is -0.748 e. The molecule has 8 saturated carbocycles. The molecule has 8 fully saturated rings. The van der Waals surface area contributed by atoms with Gasteiger partial charge < -0.3 is 29.8 Å². The molecule has 0 heterocycles. The summed E-state index contributed by atoms with van der Waals surface area (Å²) in [4.78, 5) is 0. The number of hydrogen-bond donors (Lipinski definition) is 0. The quantitative estimate of drug-likeness (QED) is 0.159. The van der Waals surface area contributed by atoms with Gasteiger partial charge in [0.15, 0.2) is 0 Å². The van der Waals surface area contributed by atoms with Gasteiger partial charge in [0.05, 0.1) is 0 Å². The molecule has 0 aliphatic heterocycles. The van der Waals surface area contributed by atoms with Gasteiger partial charge in [-0.3, -0.25) is 0 Å². The summed E-state index contributed by atoms with van der Waals surface area (Å²) in [5.74, 6) is 8.91. The van der Waals surface area contributed by atoms with E-state index in [9.17, 15) is 0 Å². The Labute approximate surface area is 303 Å². The van der Waals surface area contributed by atoms with E-state index in [4.69, 9.17) is 0 Å². The molecule has 47 heavy (non-hydrogen) atoms. The first-order valence-corrected chi connectivity index (χ1v) is 22.8. The maximum absolute atomic E-state index is 2.61. The van der Waals surface area contributed by atoms with E-state index in [1.807, 2.05) is 5.56 Å². The normalized spacial score (nSPS) is 36.3. The van der Waals surface area contributed by atoms with E-state index >= 15 is 0 Å². The molecular weight excluding hydrogens is 646 g/mol. The summed E-state index contributed by atoms with van der Waals surface area (Å²) >= 11 is 0. The SMILES string of the molecule is CC(C)(C)P(C[c-]1cccc1CP(C1C2CC3CC(C2)CC1C3)C1C2CC3CC(C2)CC1C3)C(C)(C)C.CC(C)(C)[c-]1[cH-][cH-][cH-][cH-]1.[Fe]. The molecule has 0 saturated heterocycles. The van der Waals surface area contributed by atoms with E-state index in [-0.39, 0.29) is 32.9 Å². The fourth-order valence-corrected chi connectivity index (χ4v) is 21.1. The van der Waals surface area contributed by atoms with Crippen LogP contribution in [0, 0.1) is 47.3 Å². The standard InChI is InChI=1S/C35H55P2.C9H13.Fe/c1-34(2,3)37(35(4,5)6)21-27-9-7-8-26(27)20-36(32-28-12-22-10-23(14-28)15-29(32)13-22)33-30-16-24-11-25(18-30)19-31(33)17-24;1-9(2,3)8-6-4-5-7-8;/h7-9,22-25,28-33H,10-21H2,1-6H3;4-7H,1-3H3;/q-1;-5;. The molecule has 0 atom stereocenters. The maximum atomic E-state index is 2.61. The van der Waals surface area contributed by atoms with Crippen LogP contribution in [0.1, 0.15) is 143 Å². The molecule has 0 amide bonds. The molecule has 0 spiro atoms. The van der Waals surface area contributed by atoms with E-state index in [0.717, 1.165) is 58.7 Å². The Hall–Kier alpha value is 0.0795. The Morgan fingerprint density at radius 2 is 1.04 bits per heavy atom. The average Bonchev–Trinajstić information content (AvgIpc) is 3.62. The Balaban J connectivity index is 0.000000337. The van der Waals surface area contributed by atoms with Crippen LogP contribution in [-0.2, 0) is 34.8 Å². The largest absolute Gasteiger partial charge is 0.748 e. The van der Waals surface area contributed by atoms with Crippen molar-refractivity contribution in [1.82, 2.24) is 0 Å². The van der Waals surface area contributed by atoms with Gasteiger partial charge in [0.25, 0.3) is 0 Å². The third kappa shape index (κ3) is 7.81. The summed E-state index contributed by atoms with van der Waals surface area (Å²) in [6, 6.07) is 16.1. The summed E-state index contributed by atoms with van der Waals surface area (Å²) in [6.45, 7) is 21.8. The monoisotopic (exact) mass is 714 g/mol. The van der Waals surface area contributed by atoms with Crippen LogP contribution in [0.5, 0.6) is 0 Å². The van der Waals surface area contributed by atoms with Crippen LogP contribution in [0.3, 0.4) is 0 Å². The first kappa shape index (κ1) is 36.9. The van der Waals surface area contributed by atoms with E-state index in [0.29, 0.717) is 15.7 Å².